The molecule has 0 aromatic carbocycles. The van der Waals surface area contributed by atoms with Crippen molar-refractivity contribution in [1.29, 1.82) is 0 Å². The topological polar surface area (TPSA) is 78.9 Å². The molecule has 0 aliphatic carbocycles. The molecule has 52 heavy (non-hydrogen) atoms. The minimum atomic E-state index is -0.757. The van der Waals surface area contributed by atoms with Gasteiger partial charge in [-0.25, -0.2) is 0 Å². The van der Waals surface area contributed by atoms with Crippen LogP contribution in [0.15, 0.2) is 0 Å². The lowest BCUT2D eigenvalue weighted by Gasteiger charge is -2.18. The van der Waals surface area contributed by atoms with Crippen molar-refractivity contribution in [3.63, 3.8) is 0 Å². The fraction of sp³-hybridized carbons (Fsp3) is 0.935. The molecule has 0 saturated heterocycles. The Morgan fingerprint density at radius 1 is 0.308 bits per heavy atom. The number of ether oxygens (including phenoxy) is 3. The van der Waals surface area contributed by atoms with Gasteiger partial charge >= 0.3 is 17.9 Å². The average Bonchev–Trinajstić information content (AvgIpc) is 3.14. The first-order valence-electron chi connectivity index (χ1n) is 23.0. The Hall–Kier alpha value is -1.59. The quantitative estimate of drug-likeness (QED) is 0.0353. The molecule has 0 bridgehead atoms. The summed E-state index contributed by atoms with van der Waals surface area (Å²) >= 11 is 0. The van der Waals surface area contributed by atoms with Gasteiger partial charge in [0.05, 0.1) is 0 Å². The highest BCUT2D eigenvalue weighted by atomic mass is 16.6. The zero-order valence-corrected chi connectivity index (χ0v) is 35.1. The number of esters is 3. The zero-order valence-electron chi connectivity index (χ0n) is 35.1. The molecule has 1 atom stereocenters. The van der Waals surface area contributed by atoms with Crippen molar-refractivity contribution in [1.82, 2.24) is 0 Å². The molecule has 0 aromatic rings. The number of carbonyl (C=O) groups excluding carboxylic acids is 3. The van der Waals surface area contributed by atoms with E-state index in [0.29, 0.717) is 19.3 Å². The summed E-state index contributed by atoms with van der Waals surface area (Å²) in [5, 5.41) is 0. The second-order valence-corrected chi connectivity index (χ2v) is 15.7. The fourth-order valence-electron chi connectivity index (χ4n) is 6.85. The standard InChI is InChI=1S/C46H88O6/c1-4-7-10-13-16-19-20-21-22-23-24-25-28-30-33-36-39-45(48)51-42-43(52-46(49)40-37-34-31-27-18-15-12-9-6-3)41-50-44(47)38-35-32-29-26-17-14-11-8-5-2/h43H,4-42H2,1-3H3. The van der Waals surface area contributed by atoms with Gasteiger partial charge in [0, 0.05) is 19.3 Å². The highest BCUT2D eigenvalue weighted by molar-refractivity contribution is 5.71. The highest BCUT2D eigenvalue weighted by Crippen LogP contribution is 2.16. The normalized spacial score (nSPS) is 11.8. The molecule has 0 rings (SSSR count). The van der Waals surface area contributed by atoms with E-state index in [1.165, 1.54) is 161 Å². The molecule has 0 heterocycles. The largest absolute Gasteiger partial charge is 0.462 e. The number of unbranched alkanes of at least 4 members (excludes halogenated alkanes) is 31. The molecule has 0 aliphatic heterocycles. The first-order valence-corrected chi connectivity index (χ1v) is 23.0. The predicted molar refractivity (Wildman–Crippen MR) is 220 cm³/mol. The molecule has 6 nitrogen and oxygen atoms in total. The second-order valence-electron chi connectivity index (χ2n) is 15.7. The fourth-order valence-corrected chi connectivity index (χ4v) is 6.85. The van der Waals surface area contributed by atoms with Crippen LogP contribution in [0.5, 0.6) is 0 Å². The lowest BCUT2D eigenvalue weighted by Crippen LogP contribution is -2.30. The van der Waals surface area contributed by atoms with Gasteiger partial charge in [-0.2, -0.15) is 0 Å². The minimum Gasteiger partial charge on any atom is -0.462 e. The molecule has 0 N–H and O–H groups in total. The van der Waals surface area contributed by atoms with Crippen molar-refractivity contribution in [3.8, 4) is 0 Å². The highest BCUT2D eigenvalue weighted by Gasteiger charge is 2.19. The van der Waals surface area contributed by atoms with E-state index >= 15 is 0 Å². The SMILES string of the molecule is CCCCCCCCCCCCCCCCCCC(=O)OCC(COC(=O)CCCCCCCCCCC)OC(=O)CCCCCCCCCCC. The Balaban J connectivity index is 4.23. The number of rotatable bonds is 42. The van der Waals surface area contributed by atoms with Crippen LogP contribution in [-0.4, -0.2) is 37.2 Å². The Bertz CT molecular complexity index is 768. The first kappa shape index (κ1) is 50.4. The Morgan fingerprint density at radius 2 is 0.519 bits per heavy atom. The molecule has 0 saturated carbocycles. The maximum Gasteiger partial charge on any atom is 0.306 e. The number of carbonyl (C=O) groups is 3. The van der Waals surface area contributed by atoms with Crippen molar-refractivity contribution in [2.75, 3.05) is 13.2 Å². The predicted octanol–water partition coefficient (Wildman–Crippen LogP) is 14.5. The molecular formula is C46H88O6. The Morgan fingerprint density at radius 3 is 0.769 bits per heavy atom. The lowest BCUT2D eigenvalue weighted by atomic mass is 10.0. The molecule has 0 aromatic heterocycles. The van der Waals surface area contributed by atoms with Gasteiger partial charge in [0.15, 0.2) is 6.10 Å². The van der Waals surface area contributed by atoms with Crippen LogP contribution in [0.2, 0.25) is 0 Å². The van der Waals surface area contributed by atoms with Gasteiger partial charge < -0.3 is 14.2 Å². The van der Waals surface area contributed by atoms with Gasteiger partial charge in [-0.3, -0.25) is 14.4 Å². The average molecular weight is 737 g/mol. The summed E-state index contributed by atoms with van der Waals surface area (Å²) in [5.74, 6) is -0.856. The first-order chi connectivity index (χ1) is 25.5. The molecule has 0 aliphatic rings. The molecular weight excluding hydrogens is 648 g/mol. The summed E-state index contributed by atoms with van der Waals surface area (Å²) in [6.07, 6.45) is 42.3. The van der Waals surface area contributed by atoms with E-state index in [2.05, 4.69) is 20.8 Å². The van der Waals surface area contributed by atoms with Crippen molar-refractivity contribution < 1.29 is 28.6 Å². The molecule has 6 heteroatoms. The molecule has 0 amide bonds. The van der Waals surface area contributed by atoms with Crippen LogP contribution >= 0.6 is 0 Å². The third-order valence-corrected chi connectivity index (χ3v) is 10.4. The summed E-state index contributed by atoms with van der Waals surface area (Å²) in [6.45, 7) is 6.62. The van der Waals surface area contributed by atoms with Crippen LogP contribution in [0, 0.1) is 0 Å². The maximum atomic E-state index is 12.6. The van der Waals surface area contributed by atoms with Crippen molar-refractivity contribution >= 4 is 17.9 Å². The van der Waals surface area contributed by atoms with Gasteiger partial charge in [-0.05, 0) is 19.3 Å². The number of hydrogen-bond donors (Lipinski definition) is 0. The summed E-state index contributed by atoms with van der Waals surface area (Å²) in [7, 11) is 0. The monoisotopic (exact) mass is 737 g/mol. The van der Waals surface area contributed by atoms with E-state index in [1.807, 2.05) is 0 Å². The third kappa shape index (κ3) is 39.6. The summed E-state index contributed by atoms with van der Waals surface area (Å²) in [4.78, 5) is 37.6. The second kappa shape index (κ2) is 42.2. The van der Waals surface area contributed by atoms with Gasteiger partial charge in [0.1, 0.15) is 13.2 Å². The van der Waals surface area contributed by atoms with Crippen LogP contribution < -0.4 is 0 Å². The van der Waals surface area contributed by atoms with Crippen molar-refractivity contribution in [2.24, 2.45) is 0 Å². The van der Waals surface area contributed by atoms with E-state index in [-0.39, 0.29) is 31.1 Å². The Kier molecular flexibility index (Phi) is 40.9. The van der Waals surface area contributed by atoms with Crippen molar-refractivity contribution in [3.05, 3.63) is 0 Å². The van der Waals surface area contributed by atoms with E-state index in [0.717, 1.165) is 57.8 Å². The molecule has 0 spiro atoms. The van der Waals surface area contributed by atoms with Crippen LogP contribution in [0.25, 0.3) is 0 Å². The summed E-state index contributed by atoms with van der Waals surface area (Å²) in [5.41, 5.74) is 0. The zero-order chi connectivity index (χ0) is 38.0. The van der Waals surface area contributed by atoms with Gasteiger partial charge in [-0.15, -0.1) is 0 Å². The lowest BCUT2D eigenvalue weighted by molar-refractivity contribution is -0.167. The summed E-state index contributed by atoms with van der Waals surface area (Å²) < 4.78 is 16.7. The van der Waals surface area contributed by atoms with Crippen LogP contribution in [0.3, 0.4) is 0 Å². The Labute approximate surface area is 323 Å². The smallest absolute Gasteiger partial charge is 0.306 e. The van der Waals surface area contributed by atoms with E-state index in [9.17, 15) is 14.4 Å². The van der Waals surface area contributed by atoms with Crippen LogP contribution in [-0.2, 0) is 28.6 Å². The van der Waals surface area contributed by atoms with Crippen molar-refractivity contribution in [2.45, 2.75) is 264 Å². The minimum absolute atomic E-state index is 0.0630. The van der Waals surface area contributed by atoms with E-state index in [1.54, 1.807) is 0 Å². The van der Waals surface area contributed by atoms with Gasteiger partial charge in [0.2, 0.25) is 0 Å². The number of hydrogen-bond acceptors (Lipinski definition) is 6. The van der Waals surface area contributed by atoms with Gasteiger partial charge in [-0.1, -0.05) is 220 Å². The summed E-state index contributed by atoms with van der Waals surface area (Å²) in [6, 6.07) is 0. The molecule has 1 unspecified atom stereocenters. The molecule has 0 fully saturated rings. The maximum absolute atomic E-state index is 12.6. The van der Waals surface area contributed by atoms with Crippen LogP contribution in [0.1, 0.15) is 258 Å². The van der Waals surface area contributed by atoms with E-state index in [4.69, 9.17) is 14.2 Å². The van der Waals surface area contributed by atoms with Crippen LogP contribution in [0.4, 0.5) is 0 Å². The van der Waals surface area contributed by atoms with E-state index < -0.39 is 6.10 Å². The van der Waals surface area contributed by atoms with Gasteiger partial charge in [0.25, 0.3) is 0 Å². The third-order valence-electron chi connectivity index (χ3n) is 10.4. The molecule has 0 radical (unpaired) electrons. The molecule has 308 valence electrons.